The Labute approximate surface area is 151 Å². The molecular weight excluding hydrogens is 345 g/mol. The minimum atomic E-state index is -0.292. The van der Waals surface area contributed by atoms with Crippen molar-refractivity contribution in [3.05, 3.63) is 58.1 Å². The third kappa shape index (κ3) is 4.13. The van der Waals surface area contributed by atoms with Gasteiger partial charge in [0.1, 0.15) is 0 Å². The summed E-state index contributed by atoms with van der Waals surface area (Å²) < 4.78 is 0. The number of carbonyl (C=O) groups excluding carboxylic acids is 1. The van der Waals surface area contributed by atoms with Gasteiger partial charge in [0.2, 0.25) is 0 Å². The van der Waals surface area contributed by atoms with E-state index >= 15 is 0 Å². The van der Waals surface area contributed by atoms with E-state index in [9.17, 15) is 4.79 Å². The van der Waals surface area contributed by atoms with Gasteiger partial charge in [-0.3, -0.25) is 0 Å². The van der Waals surface area contributed by atoms with E-state index < -0.39 is 0 Å². The van der Waals surface area contributed by atoms with Gasteiger partial charge in [-0.05, 0) is 42.7 Å². The molecule has 0 radical (unpaired) electrons. The number of nitrogens with one attached hydrogen (secondary N) is 2. The highest BCUT2D eigenvalue weighted by Gasteiger charge is 2.15. The molecule has 1 saturated heterocycles. The van der Waals surface area contributed by atoms with E-state index in [0.717, 1.165) is 24.3 Å². The number of urea groups is 1. The van der Waals surface area contributed by atoms with Gasteiger partial charge in [0.05, 0.1) is 10.7 Å². The number of carbonyl (C=O) groups is 1. The van der Waals surface area contributed by atoms with Gasteiger partial charge in [0.25, 0.3) is 0 Å². The zero-order valence-corrected chi connectivity index (χ0v) is 14.7. The molecule has 0 aliphatic carbocycles. The Kier molecular flexibility index (Phi) is 5.48. The van der Waals surface area contributed by atoms with Crippen LogP contribution in [-0.2, 0) is 6.54 Å². The summed E-state index contributed by atoms with van der Waals surface area (Å²) in [5, 5.41) is 6.87. The minimum absolute atomic E-state index is 0.292. The Morgan fingerprint density at radius 1 is 1.04 bits per heavy atom. The molecule has 0 spiro atoms. The zero-order valence-electron chi connectivity index (χ0n) is 13.2. The van der Waals surface area contributed by atoms with E-state index in [2.05, 4.69) is 15.5 Å². The number of nitrogens with zero attached hydrogens (tertiary/aromatic N) is 1. The monoisotopic (exact) mass is 363 g/mol. The molecule has 126 valence electrons. The molecule has 0 saturated carbocycles. The van der Waals surface area contributed by atoms with E-state index in [1.807, 2.05) is 30.3 Å². The van der Waals surface area contributed by atoms with Crippen molar-refractivity contribution in [3.63, 3.8) is 0 Å². The molecule has 2 aromatic rings. The average molecular weight is 364 g/mol. The number of hydrogen-bond acceptors (Lipinski definition) is 2. The zero-order chi connectivity index (χ0) is 16.9. The van der Waals surface area contributed by atoms with E-state index in [-0.39, 0.29) is 6.03 Å². The van der Waals surface area contributed by atoms with Gasteiger partial charge < -0.3 is 15.5 Å². The van der Waals surface area contributed by atoms with Gasteiger partial charge in [-0.15, -0.1) is 0 Å². The van der Waals surface area contributed by atoms with Gasteiger partial charge in [-0.25, -0.2) is 4.79 Å². The van der Waals surface area contributed by atoms with Gasteiger partial charge in [0, 0.05) is 30.3 Å². The van der Waals surface area contributed by atoms with Crippen molar-refractivity contribution in [2.24, 2.45) is 0 Å². The molecule has 1 heterocycles. The Balaban J connectivity index is 1.58. The van der Waals surface area contributed by atoms with E-state index in [4.69, 9.17) is 23.2 Å². The first-order valence-electron chi connectivity index (χ1n) is 7.96. The van der Waals surface area contributed by atoms with E-state index in [1.165, 1.54) is 12.8 Å². The summed E-state index contributed by atoms with van der Waals surface area (Å²) in [6, 6.07) is 12.7. The van der Waals surface area contributed by atoms with Gasteiger partial charge in [-0.2, -0.15) is 0 Å². The quantitative estimate of drug-likeness (QED) is 0.809. The summed E-state index contributed by atoms with van der Waals surface area (Å²) in [7, 11) is 0. The van der Waals surface area contributed by atoms with Crippen molar-refractivity contribution in [3.8, 4) is 0 Å². The van der Waals surface area contributed by atoms with Crippen molar-refractivity contribution in [1.82, 2.24) is 5.32 Å². The van der Waals surface area contributed by atoms with Crippen LogP contribution in [0.25, 0.3) is 0 Å². The van der Waals surface area contributed by atoms with Crippen LogP contribution >= 0.6 is 23.2 Å². The molecule has 2 N–H and O–H groups in total. The maximum Gasteiger partial charge on any atom is 0.319 e. The summed E-state index contributed by atoms with van der Waals surface area (Å²) in [6.45, 7) is 2.43. The van der Waals surface area contributed by atoms with Crippen molar-refractivity contribution < 1.29 is 4.79 Å². The SMILES string of the molecule is O=C(NCc1ccccc1Cl)Nc1ccc(N2CCCC2)c(Cl)c1. The Morgan fingerprint density at radius 2 is 1.79 bits per heavy atom. The first-order valence-corrected chi connectivity index (χ1v) is 8.72. The molecule has 0 bridgehead atoms. The topological polar surface area (TPSA) is 44.4 Å². The summed E-state index contributed by atoms with van der Waals surface area (Å²) in [6.07, 6.45) is 2.39. The second-order valence-electron chi connectivity index (χ2n) is 5.76. The molecule has 1 aliphatic heterocycles. The van der Waals surface area contributed by atoms with Crippen LogP contribution in [0.5, 0.6) is 0 Å². The summed E-state index contributed by atoms with van der Waals surface area (Å²) in [5.74, 6) is 0. The lowest BCUT2D eigenvalue weighted by Gasteiger charge is -2.19. The van der Waals surface area contributed by atoms with Crippen LogP contribution in [0.15, 0.2) is 42.5 Å². The van der Waals surface area contributed by atoms with Gasteiger partial charge in [0.15, 0.2) is 0 Å². The fourth-order valence-electron chi connectivity index (χ4n) is 2.79. The maximum atomic E-state index is 12.0. The van der Waals surface area contributed by atoms with Crippen LogP contribution < -0.4 is 15.5 Å². The molecule has 6 heteroatoms. The molecule has 2 aromatic carbocycles. The van der Waals surface area contributed by atoms with Crippen LogP contribution in [0.3, 0.4) is 0 Å². The number of amides is 2. The highest BCUT2D eigenvalue weighted by atomic mass is 35.5. The predicted octanol–water partition coefficient (Wildman–Crippen LogP) is 4.92. The molecule has 0 aromatic heterocycles. The van der Waals surface area contributed by atoms with Crippen molar-refractivity contribution in [2.45, 2.75) is 19.4 Å². The molecule has 1 fully saturated rings. The fourth-order valence-corrected chi connectivity index (χ4v) is 3.29. The van der Waals surface area contributed by atoms with E-state index in [1.54, 1.807) is 12.1 Å². The lowest BCUT2D eigenvalue weighted by molar-refractivity contribution is 0.252. The third-order valence-corrected chi connectivity index (χ3v) is 4.72. The van der Waals surface area contributed by atoms with Crippen LogP contribution in [0.2, 0.25) is 10.0 Å². The van der Waals surface area contributed by atoms with Crippen LogP contribution in [0, 0.1) is 0 Å². The smallest absolute Gasteiger partial charge is 0.319 e. The lowest BCUT2D eigenvalue weighted by Crippen LogP contribution is -2.28. The second kappa shape index (κ2) is 7.77. The van der Waals surface area contributed by atoms with Crippen LogP contribution in [0.4, 0.5) is 16.2 Å². The molecule has 24 heavy (non-hydrogen) atoms. The highest BCUT2D eigenvalue weighted by Crippen LogP contribution is 2.31. The molecule has 2 amide bonds. The summed E-state index contributed by atoms with van der Waals surface area (Å²) >= 11 is 12.4. The van der Waals surface area contributed by atoms with Gasteiger partial charge >= 0.3 is 6.03 Å². The number of hydrogen-bond donors (Lipinski definition) is 2. The van der Waals surface area contributed by atoms with Crippen LogP contribution in [-0.4, -0.2) is 19.1 Å². The molecule has 1 aliphatic rings. The first kappa shape index (κ1) is 16.9. The third-order valence-electron chi connectivity index (χ3n) is 4.05. The Bertz CT molecular complexity index is 730. The standard InChI is InChI=1S/C18H19Cl2N3O/c19-15-6-2-1-5-13(15)12-21-18(24)22-14-7-8-17(16(20)11-14)23-9-3-4-10-23/h1-2,5-8,11H,3-4,9-10,12H2,(H2,21,22,24). The first-order chi connectivity index (χ1) is 11.6. The lowest BCUT2D eigenvalue weighted by atomic mass is 10.2. The molecular formula is C18H19Cl2N3O. The van der Waals surface area contributed by atoms with Gasteiger partial charge in [-0.1, -0.05) is 41.4 Å². The Morgan fingerprint density at radius 3 is 2.50 bits per heavy atom. The predicted molar refractivity (Wildman–Crippen MR) is 100 cm³/mol. The van der Waals surface area contributed by atoms with E-state index in [0.29, 0.717) is 22.3 Å². The average Bonchev–Trinajstić information content (AvgIpc) is 3.08. The highest BCUT2D eigenvalue weighted by molar-refractivity contribution is 6.33. The maximum absolute atomic E-state index is 12.0. The summed E-state index contributed by atoms with van der Waals surface area (Å²) in [4.78, 5) is 14.3. The summed E-state index contributed by atoms with van der Waals surface area (Å²) in [5.41, 5.74) is 2.56. The van der Waals surface area contributed by atoms with Crippen molar-refractivity contribution >= 4 is 40.6 Å². The molecule has 0 atom stereocenters. The molecule has 4 nitrogen and oxygen atoms in total. The number of rotatable bonds is 4. The molecule has 3 rings (SSSR count). The van der Waals surface area contributed by atoms with Crippen LogP contribution in [0.1, 0.15) is 18.4 Å². The van der Waals surface area contributed by atoms with Crippen molar-refractivity contribution in [2.75, 3.05) is 23.3 Å². The normalized spacial score (nSPS) is 13.8. The minimum Gasteiger partial charge on any atom is -0.370 e. The fraction of sp³-hybridized carbons (Fsp3) is 0.278. The molecule has 0 unspecified atom stereocenters. The van der Waals surface area contributed by atoms with Crippen molar-refractivity contribution in [1.29, 1.82) is 0 Å². The largest absolute Gasteiger partial charge is 0.370 e. The number of benzene rings is 2. The number of halogens is 2. The second-order valence-corrected chi connectivity index (χ2v) is 6.57. The number of anilines is 2. The Hall–Kier alpha value is -1.91.